The van der Waals surface area contributed by atoms with E-state index in [1.165, 1.54) is 13.4 Å². The summed E-state index contributed by atoms with van der Waals surface area (Å²) in [4.78, 5) is 27.4. The van der Waals surface area contributed by atoms with Gasteiger partial charge in [-0.1, -0.05) is 0 Å². The number of amides is 2. The van der Waals surface area contributed by atoms with Crippen molar-refractivity contribution in [2.45, 2.75) is 6.04 Å². The predicted molar refractivity (Wildman–Crippen MR) is 78.3 cm³/mol. The van der Waals surface area contributed by atoms with E-state index in [0.29, 0.717) is 31.9 Å². The van der Waals surface area contributed by atoms with E-state index in [0.717, 1.165) is 0 Å². The highest BCUT2D eigenvalue weighted by atomic mass is 35.5. The topological polar surface area (TPSA) is 89.0 Å². The first-order valence-electron chi connectivity index (χ1n) is 6.49. The molecule has 118 valence electrons. The monoisotopic (exact) mass is 317 g/mol. The molecule has 1 aliphatic heterocycles. The van der Waals surface area contributed by atoms with Crippen LogP contribution in [0.4, 0.5) is 0 Å². The van der Waals surface area contributed by atoms with Gasteiger partial charge in [0.2, 0.25) is 5.91 Å². The van der Waals surface area contributed by atoms with Crippen molar-refractivity contribution in [1.82, 2.24) is 9.80 Å². The van der Waals surface area contributed by atoms with Crippen molar-refractivity contribution in [3.63, 3.8) is 0 Å². The number of hydrogen-bond donors (Lipinski definition) is 1. The van der Waals surface area contributed by atoms with Crippen LogP contribution < -0.4 is 5.73 Å². The average Bonchev–Trinajstić information content (AvgIpc) is 3.00. The summed E-state index contributed by atoms with van der Waals surface area (Å²) in [6.45, 7) is 2.10. The highest BCUT2D eigenvalue weighted by Crippen LogP contribution is 2.10. The lowest BCUT2D eigenvalue weighted by atomic mass is 10.2. The molecule has 1 aromatic heterocycles. The van der Waals surface area contributed by atoms with Crippen molar-refractivity contribution in [2.24, 2.45) is 5.73 Å². The Kier molecular flexibility index (Phi) is 6.67. The van der Waals surface area contributed by atoms with Crippen LogP contribution in [0.5, 0.6) is 0 Å². The molecular weight excluding hydrogens is 298 g/mol. The number of ether oxygens (including phenoxy) is 1. The van der Waals surface area contributed by atoms with Crippen molar-refractivity contribution in [2.75, 3.05) is 39.9 Å². The second-order valence-electron chi connectivity index (χ2n) is 4.66. The molecule has 1 fully saturated rings. The van der Waals surface area contributed by atoms with E-state index in [-0.39, 0.29) is 30.8 Å². The zero-order valence-corrected chi connectivity index (χ0v) is 12.7. The van der Waals surface area contributed by atoms with Crippen LogP contribution in [0.1, 0.15) is 10.6 Å². The molecule has 0 aliphatic carbocycles. The molecule has 2 N–H and O–H groups in total. The Morgan fingerprint density at radius 3 is 2.48 bits per heavy atom. The minimum atomic E-state index is -0.646. The third-order valence-electron chi connectivity index (χ3n) is 3.27. The lowest BCUT2D eigenvalue weighted by molar-refractivity contribution is -0.135. The number of halogens is 1. The summed E-state index contributed by atoms with van der Waals surface area (Å²) >= 11 is 0. The summed E-state index contributed by atoms with van der Waals surface area (Å²) in [7, 11) is 1.51. The zero-order chi connectivity index (χ0) is 14.5. The van der Waals surface area contributed by atoms with Gasteiger partial charge in [-0.2, -0.15) is 0 Å². The Hall–Kier alpha value is -1.57. The molecule has 0 radical (unpaired) electrons. The van der Waals surface area contributed by atoms with Gasteiger partial charge in [0.1, 0.15) is 6.04 Å². The van der Waals surface area contributed by atoms with Gasteiger partial charge in [0.05, 0.1) is 12.9 Å². The van der Waals surface area contributed by atoms with Gasteiger partial charge >= 0.3 is 0 Å². The number of piperazine rings is 1. The maximum Gasteiger partial charge on any atom is 0.289 e. The molecule has 21 heavy (non-hydrogen) atoms. The van der Waals surface area contributed by atoms with Crippen LogP contribution in [0.25, 0.3) is 0 Å². The number of carbonyl (C=O) groups excluding carboxylic acids is 2. The number of methoxy groups -OCH3 is 1. The third-order valence-corrected chi connectivity index (χ3v) is 3.27. The predicted octanol–water partition coefficient (Wildman–Crippen LogP) is -0.0405. The van der Waals surface area contributed by atoms with E-state index in [1.807, 2.05) is 0 Å². The molecular formula is C13H20ClN3O4. The van der Waals surface area contributed by atoms with E-state index in [1.54, 1.807) is 21.9 Å². The quantitative estimate of drug-likeness (QED) is 0.841. The lowest BCUT2D eigenvalue weighted by Gasteiger charge is -2.35. The fourth-order valence-electron chi connectivity index (χ4n) is 2.17. The van der Waals surface area contributed by atoms with Crippen LogP contribution in [-0.2, 0) is 9.53 Å². The number of nitrogens with zero attached hydrogens (tertiary/aromatic N) is 2. The van der Waals surface area contributed by atoms with Gasteiger partial charge in [0, 0.05) is 33.3 Å². The molecule has 7 nitrogen and oxygen atoms in total. The number of hydrogen-bond acceptors (Lipinski definition) is 5. The van der Waals surface area contributed by atoms with Crippen LogP contribution in [-0.4, -0.2) is 67.6 Å². The second-order valence-corrected chi connectivity index (χ2v) is 4.66. The SMILES string of the molecule is COCC(N)C(=O)N1CCN(C(=O)c2ccco2)CC1.Cl. The van der Waals surface area contributed by atoms with Crippen LogP contribution >= 0.6 is 12.4 Å². The summed E-state index contributed by atoms with van der Waals surface area (Å²) in [6.07, 6.45) is 1.47. The van der Waals surface area contributed by atoms with Gasteiger partial charge in [-0.3, -0.25) is 9.59 Å². The molecule has 1 saturated heterocycles. The summed E-state index contributed by atoms with van der Waals surface area (Å²) in [5.41, 5.74) is 5.72. The molecule has 1 atom stereocenters. The molecule has 8 heteroatoms. The largest absolute Gasteiger partial charge is 0.459 e. The first-order chi connectivity index (χ1) is 9.63. The van der Waals surface area contributed by atoms with Gasteiger partial charge in [0.25, 0.3) is 5.91 Å². The van der Waals surface area contributed by atoms with E-state index in [2.05, 4.69) is 0 Å². The number of rotatable bonds is 4. The summed E-state index contributed by atoms with van der Waals surface area (Å²) in [5.74, 6) is 0.0288. The molecule has 0 spiro atoms. The van der Waals surface area contributed by atoms with Gasteiger partial charge in [0.15, 0.2) is 5.76 Å². The van der Waals surface area contributed by atoms with Crippen molar-refractivity contribution < 1.29 is 18.7 Å². The molecule has 0 aromatic carbocycles. The van der Waals surface area contributed by atoms with Gasteiger partial charge in [-0.15, -0.1) is 12.4 Å². The molecule has 1 aliphatic rings. The number of furan rings is 1. The molecule has 0 saturated carbocycles. The molecule has 2 heterocycles. The van der Waals surface area contributed by atoms with Gasteiger partial charge in [-0.25, -0.2) is 0 Å². The van der Waals surface area contributed by atoms with E-state index < -0.39 is 6.04 Å². The number of nitrogens with two attached hydrogens (primary N) is 1. The molecule has 0 bridgehead atoms. The smallest absolute Gasteiger partial charge is 0.289 e. The van der Waals surface area contributed by atoms with Crippen LogP contribution in [0.15, 0.2) is 22.8 Å². The summed E-state index contributed by atoms with van der Waals surface area (Å²) in [6, 6.07) is 2.66. The minimum absolute atomic E-state index is 0. The van der Waals surface area contributed by atoms with Crippen molar-refractivity contribution >= 4 is 24.2 Å². The number of carbonyl (C=O) groups is 2. The first-order valence-corrected chi connectivity index (χ1v) is 6.49. The maximum atomic E-state index is 12.1. The van der Waals surface area contributed by atoms with E-state index >= 15 is 0 Å². The van der Waals surface area contributed by atoms with E-state index in [4.69, 9.17) is 14.9 Å². The Morgan fingerprint density at radius 2 is 1.95 bits per heavy atom. The van der Waals surface area contributed by atoms with Gasteiger partial charge < -0.3 is 24.7 Å². The van der Waals surface area contributed by atoms with Crippen LogP contribution in [0.3, 0.4) is 0 Å². The highest BCUT2D eigenvalue weighted by molar-refractivity contribution is 5.91. The molecule has 1 aromatic rings. The van der Waals surface area contributed by atoms with Crippen molar-refractivity contribution in [3.8, 4) is 0 Å². The fourth-order valence-corrected chi connectivity index (χ4v) is 2.17. The maximum absolute atomic E-state index is 12.1. The molecule has 2 amide bonds. The average molecular weight is 318 g/mol. The second kappa shape index (κ2) is 8.02. The minimum Gasteiger partial charge on any atom is -0.459 e. The van der Waals surface area contributed by atoms with E-state index in [9.17, 15) is 9.59 Å². The molecule has 2 rings (SSSR count). The lowest BCUT2D eigenvalue weighted by Crippen LogP contribution is -2.55. The fraction of sp³-hybridized carbons (Fsp3) is 0.538. The summed E-state index contributed by atoms with van der Waals surface area (Å²) in [5, 5.41) is 0. The Balaban J connectivity index is 0.00000220. The first kappa shape index (κ1) is 17.5. The van der Waals surface area contributed by atoms with Crippen molar-refractivity contribution in [1.29, 1.82) is 0 Å². The Bertz CT molecular complexity index is 458. The van der Waals surface area contributed by atoms with Crippen LogP contribution in [0.2, 0.25) is 0 Å². The normalized spacial score (nSPS) is 16.3. The Labute approximate surface area is 129 Å². The summed E-state index contributed by atoms with van der Waals surface area (Å²) < 4.78 is 9.96. The molecule has 1 unspecified atom stereocenters. The van der Waals surface area contributed by atoms with Crippen LogP contribution in [0, 0.1) is 0 Å². The van der Waals surface area contributed by atoms with Gasteiger partial charge in [-0.05, 0) is 12.1 Å². The van der Waals surface area contributed by atoms with Crippen molar-refractivity contribution in [3.05, 3.63) is 24.2 Å². The highest BCUT2D eigenvalue weighted by Gasteiger charge is 2.28. The third kappa shape index (κ3) is 4.20. The zero-order valence-electron chi connectivity index (χ0n) is 11.9. The standard InChI is InChI=1S/C13H19N3O4.ClH/c1-19-9-10(14)12(17)15-4-6-16(7-5-15)13(18)11-3-2-8-20-11;/h2-3,8,10H,4-7,9,14H2,1H3;1H. The Morgan fingerprint density at radius 1 is 1.33 bits per heavy atom.